The fourth-order valence-corrected chi connectivity index (χ4v) is 5.36. The average molecular weight is 648 g/mol. The number of nitrogens with one attached hydrogen (secondary N) is 2. The van der Waals surface area contributed by atoms with Gasteiger partial charge in [-0.05, 0) is 98.7 Å². The van der Waals surface area contributed by atoms with Crippen molar-refractivity contribution in [2.24, 2.45) is 0 Å². The Balaban J connectivity index is 0.00000529. The maximum absolute atomic E-state index is 13.1. The van der Waals surface area contributed by atoms with E-state index >= 15 is 0 Å². The number of allylic oxidation sites excluding steroid dienone is 1. The minimum absolute atomic E-state index is 0. The molecule has 2 amide bonds. The van der Waals surface area contributed by atoms with Gasteiger partial charge in [0.1, 0.15) is 11.6 Å². The van der Waals surface area contributed by atoms with Crippen LogP contribution in [0.5, 0.6) is 0 Å². The number of ether oxygens (including phenoxy) is 1. The molecule has 0 aromatic heterocycles. The van der Waals surface area contributed by atoms with E-state index in [1.165, 1.54) is 6.08 Å². The molecule has 11 heteroatoms. The molecule has 0 unspecified atom stereocenters. The number of halogens is 2. The Kier molecular flexibility index (Phi) is 12.2. The number of rotatable bonds is 8. The van der Waals surface area contributed by atoms with Crippen LogP contribution in [0.15, 0.2) is 66.7 Å². The third-order valence-electron chi connectivity index (χ3n) is 6.75. The van der Waals surface area contributed by atoms with Crippen molar-refractivity contribution in [2.75, 3.05) is 5.32 Å². The van der Waals surface area contributed by atoms with Gasteiger partial charge in [0.05, 0.1) is 15.6 Å². The number of carbonyl (C=O) groups is 4. The van der Waals surface area contributed by atoms with Gasteiger partial charge in [-0.1, -0.05) is 47.5 Å². The predicted molar refractivity (Wildman–Crippen MR) is 174 cm³/mol. The molecule has 0 aliphatic heterocycles. The molecular formula is C33H33Cl2N2NaO6. The van der Waals surface area contributed by atoms with Crippen LogP contribution in [-0.4, -0.2) is 70.1 Å². The van der Waals surface area contributed by atoms with Gasteiger partial charge in [0.15, 0.2) is 0 Å². The number of carbonyl (C=O) groups excluding carboxylic acids is 3. The normalized spacial score (nSPS) is 14.1. The number of amides is 2. The summed E-state index contributed by atoms with van der Waals surface area (Å²) < 4.78 is 5.42. The fourth-order valence-electron chi connectivity index (χ4n) is 4.79. The molecule has 3 aromatic rings. The molecule has 3 N–H and O–H groups in total. The molecule has 8 nitrogen and oxygen atoms in total. The van der Waals surface area contributed by atoms with Gasteiger partial charge in [0, 0.05) is 23.7 Å². The summed E-state index contributed by atoms with van der Waals surface area (Å²) in [4.78, 5) is 50.1. The van der Waals surface area contributed by atoms with E-state index in [1.54, 1.807) is 60.7 Å². The molecule has 0 saturated carbocycles. The summed E-state index contributed by atoms with van der Waals surface area (Å²) in [6, 6.07) is 15.3. The molecule has 0 radical (unpaired) electrons. The summed E-state index contributed by atoms with van der Waals surface area (Å²) in [5.74, 6) is -2.59. The zero-order valence-corrected chi connectivity index (χ0v) is 25.5. The van der Waals surface area contributed by atoms with Gasteiger partial charge >= 0.3 is 41.5 Å². The quantitative estimate of drug-likeness (QED) is 0.155. The fraction of sp³-hybridized carbons (Fsp3) is 0.273. The van der Waals surface area contributed by atoms with Gasteiger partial charge in [-0.15, -0.1) is 0 Å². The van der Waals surface area contributed by atoms with E-state index in [-0.39, 0.29) is 51.6 Å². The van der Waals surface area contributed by atoms with Gasteiger partial charge in [0.25, 0.3) is 11.8 Å². The number of fused-ring (bicyclic) bond motifs is 1. The van der Waals surface area contributed by atoms with Crippen LogP contribution >= 0.6 is 23.2 Å². The van der Waals surface area contributed by atoms with Gasteiger partial charge in [-0.2, -0.15) is 0 Å². The van der Waals surface area contributed by atoms with Gasteiger partial charge in [-0.25, -0.2) is 9.59 Å². The molecule has 226 valence electrons. The summed E-state index contributed by atoms with van der Waals surface area (Å²) in [6.45, 7) is 5.42. The minimum atomic E-state index is -1.19. The van der Waals surface area contributed by atoms with Crippen LogP contribution in [0, 0.1) is 0 Å². The number of anilines is 1. The third kappa shape index (κ3) is 9.43. The van der Waals surface area contributed by atoms with E-state index in [9.17, 15) is 24.3 Å². The van der Waals surface area contributed by atoms with E-state index in [0.717, 1.165) is 36.0 Å². The molecule has 1 aliphatic rings. The van der Waals surface area contributed by atoms with Gasteiger partial charge in [0.2, 0.25) is 0 Å². The Morgan fingerprint density at radius 3 is 2.23 bits per heavy atom. The SMILES string of the molecule is CC(C)(C)OC(=O)C=C1CCCc2cc(C(=O)N[C@@H](Cc3ccc(NC(=O)c4c(Cl)cccc4Cl)cc3)C(=O)O)ccc21.[NaH]. The second-order valence-electron chi connectivity index (χ2n) is 11.2. The Morgan fingerprint density at radius 2 is 1.61 bits per heavy atom. The number of hydrogen-bond acceptors (Lipinski definition) is 5. The molecular weight excluding hydrogens is 614 g/mol. The predicted octanol–water partition coefficient (Wildman–Crippen LogP) is 6.08. The monoisotopic (exact) mass is 646 g/mol. The Hall–Kier alpha value is -3.14. The molecule has 0 saturated heterocycles. The van der Waals surface area contributed by atoms with E-state index in [0.29, 0.717) is 16.8 Å². The molecule has 3 aromatic carbocycles. The number of aliphatic carboxylic acids is 1. The standard InChI is InChI=1S/C33H32Cl2N2O6.Na.H/c1-33(2,3)43-28(38)18-21-7-4-6-20-17-22(12-15-24(20)21)30(39)37-27(32(41)42)16-19-10-13-23(14-11-19)36-31(40)29-25(34)8-5-9-26(29)35;;/h5,8-15,17-18,27H,4,6-7,16H2,1-3H3,(H,36,40)(H,37,39)(H,41,42);;/t27-;;/m0../s1. The summed E-state index contributed by atoms with van der Waals surface area (Å²) in [6.07, 6.45) is 3.79. The number of aryl methyl sites for hydroxylation is 1. The van der Waals surface area contributed by atoms with Crippen molar-refractivity contribution in [3.05, 3.63) is 105 Å². The molecule has 4 rings (SSSR count). The van der Waals surface area contributed by atoms with Crippen LogP contribution in [-0.2, 0) is 27.2 Å². The zero-order valence-electron chi connectivity index (χ0n) is 24.0. The van der Waals surface area contributed by atoms with Gasteiger partial charge < -0.3 is 20.5 Å². The van der Waals surface area contributed by atoms with Crippen LogP contribution in [0.25, 0.3) is 5.57 Å². The third-order valence-corrected chi connectivity index (χ3v) is 7.38. The number of carboxylic acids is 1. The summed E-state index contributed by atoms with van der Waals surface area (Å²) in [5.41, 5.74) is 3.64. The van der Waals surface area contributed by atoms with Crippen molar-refractivity contribution in [1.82, 2.24) is 5.32 Å². The van der Waals surface area contributed by atoms with E-state index in [2.05, 4.69) is 10.6 Å². The first kappa shape index (κ1) is 35.3. The second-order valence-corrected chi connectivity index (χ2v) is 12.1. The van der Waals surface area contributed by atoms with Crippen molar-refractivity contribution < 1.29 is 29.0 Å². The first-order valence-corrected chi connectivity index (χ1v) is 14.5. The van der Waals surface area contributed by atoms with Crippen LogP contribution in [0.4, 0.5) is 5.69 Å². The molecule has 0 fully saturated rings. The van der Waals surface area contributed by atoms with Crippen molar-refractivity contribution in [1.29, 1.82) is 0 Å². The zero-order chi connectivity index (χ0) is 31.3. The Morgan fingerprint density at radius 1 is 0.955 bits per heavy atom. The summed E-state index contributed by atoms with van der Waals surface area (Å²) in [5, 5.41) is 15.6. The Labute approximate surface area is 288 Å². The van der Waals surface area contributed by atoms with Crippen molar-refractivity contribution >= 4 is 87.8 Å². The molecule has 0 spiro atoms. The molecule has 0 heterocycles. The summed E-state index contributed by atoms with van der Waals surface area (Å²) >= 11 is 12.2. The van der Waals surface area contributed by atoms with Crippen LogP contribution in [0.1, 0.15) is 71.0 Å². The maximum atomic E-state index is 13.1. The van der Waals surface area contributed by atoms with Crippen LogP contribution in [0.2, 0.25) is 10.0 Å². The molecule has 1 atom stereocenters. The van der Waals surface area contributed by atoms with Crippen LogP contribution < -0.4 is 10.6 Å². The number of esters is 1. The number of carboxylic acid groups (broad SMARTS) is 1. The summed E-state index contributed by atoms with van der Waals surface area (Å²) in [7, 11) is 0. The van der Waals surface area contributed by atoms with Crippen molar-refractivity contribution in [3.8, 4) is 0 Å². The topological polar surface area (TPSA) is 122 Å². The number of benzene rings is 3. The first-order chi connectivity index (χ1) is 20.3. The van der Waals surface area contributed by atoms with Crippen molar-refractivity contribution in [3.63, 3.8) is 0 Å². The van der Waals surface area contributed by atoms with Crippen molar-refractivity contribution in [2.45, 2.75) is 58.1 Å². The molecule has 44 heavy (non-hydrogen) atoms. The second kappa shape index (κ2) is 15.2. The van der Waals surface area contributed by atoms with Gasteiger partial charge in [-0.3, -0.25) is 9.59 Å². The van der Waals surface area contributed by atoms with Crippen LogP contribution in [0.3, 0.4) is 0 Å². The van der Waals surface area contributed by atoms with E-state index in [1.807, 2.05) is 20.8 Å². The number of hydrogen-bond donors (Lipinski definition) is 3. The molecule has 1 aliphatic carbocycles. The molecule has 0 bridgehead atoms. The van der Waals surface area contributed by atoms with E-state index in [4.69, 9.17) is 27.9 Å². The Bertz CT molecular complexity index is 1580. The first-order valence-electron chi connectivity index (χ1n) is 13.8. The van der Waals surface area contributed by atoms with E-state index < -0.39 is 35.4 Å². The average Bonchev–Trinajstić information content (AvgIpc) is 2.92.